The molecule has 1 unspecified atom stereocenters. The van der Waals surface area contributed by atoms with Gasteiger partial charge in [0.1, 0.15) is 11.9 Å². The average molecular weight is 327 g/mol. The van der Waals surface area contributed by atoms with Crippen LogP contribution in [0.3, 0.4) is 0 Å². The van der Waals surface area contributed by atoms with Crippen LogP contribution >= 0.6 is 0 Å². The van der Waals surface area contributed by atoms with E-state index in [0.717, 1.165) is 12.4 Å². The Morgan fingerprint density at radius 2 is 2.12 bits per heavy atom. The van der Waals surface area contributed by atoms with Gasteiger partial charge in [-0.2, -0.15) is 0 Å². The summed E-state index contributed by atoms with van der Waals surface area (Å²) >= 11 is 0. The summed E-state index contributed by atoms with van der Waals surface area (Å²) in [6, 6.07) is 6.68. The minimum atomic E-state index is -0.203. The van der Waals surface area contributed by atoms with Crippen LogP contribution in [0.1, 0.15) is 32.6 Å². The molecular formula is C17H21N5O2. The van der Waals surface area contributed by atoms with Crippen molar-refractivity contribution in [2.45, 2.75) is 6.04 Å². The second-order valence-corrected chi connectivity index (χ2v) is 5.77. The molecule has 2 N–H and O–H groups in total. The SMILES string of the molecule is CNC(=O)c1cccc(C(=O)N2CCNCC2c2nccn2C)c1. The highest BCUT2D eigenvalue weighted by Gasteiger charge is 2.31. The van der Waals surface area contributed by atoms with Gasteiger partial charge in [0.25, 0.3) is 11.8 Å². The number of carbonyl (C=O) groups excluding carboxylic acids is 2. The zero-order chi connectivity index (χ0) is 17.1. The first-order valence-corrected chi connectivity index (χ1v) is 7.93. The molecule has 24 heavy (non-hydrogen) atoms. The molecule has 1 aliphatic heterocycles. The maximum absolute atomic E-state index is 13.0. The molecule has 0 radical (unpaired) electrons. The number of piperazine rings is 1. The fourth-order valence-corrected chi connectivity index (χ4v) is 2.98. The first-order chi connectivity index (χ1) is 11.6. The molecule has 7 heteroatoms. The second kappa shape index (κ2) is 6.84. The van der Waals surface area contributed by atoms with E-state index >= 15 is 0 Å². The van der Waals surface area contributed by atoms with Gasteiger partial charge in [-0.25, -0.2) is 4.98 Å². The smallest absolute Gasteiger partial charge is 0.254 e. The van der Waals surface area contributed by atoms with E-state index in [4.69, 9.17) is 0 Å². The lowest BCUT2D eigenvalue weighted by atomic mass is 10.1. The average Bonchev–Trinajstić information content (AvgIpc) is 3.06. The molecule has 1 fully saturated rings. The van der Waals surface area contributed by atoms with Crippen molar-refractivity contribution in [1.29, 1.82) is 0 Å². The number of rotatable bonds is 3. The van der Waals surface area contributed by atoms with Gasteiger partial charge in [-0.3, -0.25) is 9.59 Å². The molecule has 2 aromatic rings. The zero-order valence-corrected chi connectivity index (χ0v) is 13.8. The number of carbonyl (C=O) groups is 2. The Morgan fingerprint density at radius 1 is 1.33 bits per heavy atom. The molecule has 1 aromatic carbocycles. The predicted octanol–water partition coefficient (Wildman–Crippen LogP) is 0.566. The molecule has 3 rings (SSSR count). The third kappa shape index (κ3) is 3.03. The molecule has 1 atom stereocenters. The van der Waals surface area contributed by atoms with Crippen LogP contribution in [-0.4, -0.2) is 52.9 Å². The predicted molar refractivity (Wildman–Crippen MR) is 89.7 cm³/mol. The maximum atomic E-state index is 13.0. The monoisotopic (exact) mass is 327 g/mol. The molecule has 7 nitrogen and oxygen atoms in total. The molecule has 1 aliphatic rings. The summed E-state index contributed by atoms with van der Waals surface area (Å²) in [6.07, 6.45) is 3.61. The van der Waals surface area contributed by atoms with Crippen LogP contribution in [0.4, 0.5) is 0 Å². The van der Waals surface area contributed by atoms with Gasteiger partial charge in [0.15, 0.2) is 0 Å². The highest BCUT2D eigenvalue weighted by molar-refractivity contribution is 5.99. The Morgan fingerprint density at radius 3 is 2.83 bits per heavy atom. The standard InChI is InChI=1S/C17H21N5O2/c1-18-16(23)12-4-3-5-13(10-12)17(24)22-9-6-19-11-14(22)15-20-7-8-21(15)2/h3-5,7-8,10,14,19H,6,9,11H2,1-2H3,(H,18,23). The molecule has 0 aliphatic carbocycles. The van der Waals surface area contributed by atoms with E-state index in [1.165, 1.54) is 0 Å². The van der Waals surface area contributed by atoms with E-state index in [2.05, 4.69) is 15.6 Å². The number of benzene rings is 1. The summed E-state index contributed by atoms with van der Waals surface area (Å²) in [5.41, 5.74) is 0.990. The first kappa shape index (κ1) is 16.2. The van der Waals surface area contributed by atoms with Gasteiger partial charge < -0.3 is 20.1 Å². The van der Waals surface area contributed by atoms with Crippen LogP contribution in [0.5, 0.6) is 0 Å². The third-order valence-corrected chi connectivity index (χ3v) is 4.26. The van der Waals surface area contributed by atoms with Gasteiger partial charge in [0.2, 0.25) is 0 Å². The number of aryl methyl sites for hydroxylation is 1. The van der Waals surface area contributed by atoms with Crippen molar-refractivity contribution in [3.05, 3.63) is 53.6 Å². The maximum Gasteiger partial charge on any atom is 0.254 e. The van der Waals surface area contributed by atoms with Crippen molar-refractivity contribution in [1.82, 2.24) is 25.1 Å². The number of imidazole rings is 1. The van der Waals surface area contributed by atoms with Crippen LogP contribution in [0.15, 0.2) is 36.7 Å². The van der Waals surface area contributed by atoms with Crippen molar-refractivity contribution in [3.8, 4) is 0 Å². The highest BCUT2D eigenvalue weighted by Crippen LogP contribution is 2.23. The molecule has 0 saturated carbocycles. The van der Waals surface area contributed by atoms with E-state index < -0.39 is 0 Å². The van der Waals surface area contributed by atoms with Crippen molar-refractivity contribution in [2.75, 3.05) is 26.7 Å². The lowest BCUT2D eigenvalue weighted by Crippen LogP contribution is -2.49. The first-order valence-electron chi connectivity index (χ1n) is 7.93. The van der Waals surface area contributed by atoms with E-state index in [1.54, 1.807) is 37.5 Å². The van der Waals surface area contributed by atoms with Crippen LogP contribution < -0.4 is 10.6 Å². The quantitative estimate of drug-likeness (QED) is 0.864. The van der Waals surface area contributed by atoms with Gasteiger partial charge >= 0.3 is 0 Å². The lowest BCUT2D eigenvalue weighted by Gasteiger charge is -2.35. The number of amides is 2. The molecule has 1 aromatic heterocycles. The molecule has 2 heterocycles. The largest absolute Gasteiger partial charge is 0.355 e. The summed E-state index contributed by atoms with van der Waals surface area (Å²) in [4.78, 5) is 31.0. The Kier molecular flexibility index (Phi) is 4.61. The number of nitrogens with one attached hydrogen (secondary N) is 2. The van der Waals surface area contributed by atoms with E-state index in [-0.39, 0.29) is 17.9 Å². The molecule has 0 spiro atoms. The summed E-state index contributed by atoms with van der Waals surface area (Å²) in [5, 5.41) is 5.89. The molecule has 2 amide bonds. The Bertz CT molecular complexity index is 755. The zero-order valence-electron chi connectivity index (χ0n) is 13.8. The fraction of sp³-hybridized carbons (Fsp3) is 0.353. The molecular weight excluding hydrogens is 306 g/mol. The van der Waals surface area contributed by atoms with Gasteiger partial charge in [0.05, 0.1) is 0 Å². The van der Waals surface area contributed by atoms with Crippen LogP contribution in [0, 0.1) is 0 Å². The minimum Gasteiger partial charge on any atom is -0.355 e. The molecule has 0 bridgehead atoms. The Hall–Kier alpha value is -2.67. The Labute approximate surface area is 140 Å². The number of nitrogens with zero attached hydrogens (tertiary/aromatic N) is 3. The van der Waals surface area contributed by atoms with Gasteiger partial charge in [-0.15, -0.1) is 0 Å². The van der Waals surface area contributed by atoms with E-state index in [1.807, 2.05) is 22.7 Å². The van der Waals surface area contributed by atoms with E-state index in [0.29, 0.717) is 24.2 Å². The van der Waals surface area contributed by atoms with Crippen molar-refractivity contribution in [3.63, 3.8) is 0 Å². The summed E-state index contributed by atoms with van der Waals surface area (Å²) < 4.78 is 1.93. The normalized spacial score (nSPS) is 17.6. The Balaban J connectivity index is 1.90. The summed E-state index contributed by atoms with van der Waals surface area (Å²) in [6.45, 7) is 1.99. The summed E-state index contributed by atoms with van der Waals surface area (Å²) in [7, 11) is 3.50. The number of hydrogen-bond acceptors (Lipinski definition) is 4. The van der Waals surface area contributed by atoms with E-state index in [9.17, 15) is 9.59 Å². The van der Waals surface area contributed by atoms with Crippen molar-refractivity contribution < 1.29 is 9.59 Å². The molecule has 126 valence electrons. The van der Waals surface area contributed by atoms with Gasteiger partial charge in [0, 0.05) is 57.3 Å². The van der Waals surface area contributed by atoms with Crippen LogP contribution in [0.2, 0.25) is 0 Å². The number of aromatic nitrogens is 2. The minimum absolute atomic E-state index is 0.0877. The fourth-order valence-electron chi connectivity index (χ4n) is 2.98. The third-order valence-electron chi connectivity index (χ3n) is 4.26. The highest BCUT2D eigenvalue weighted by atomic mass is 16.2. The topological polar surface area (TPSA) is 79.3 Å². The van der Waals surface area contributed by atoms with Crippen molar-refractivity contribution >= 4 is 11.8 Å². The lowest BCUT2D eigenvalue weighted by molar-refractivity contribution is 0.0621. The molecule has 1 saturated heterocycles. The summed E-state index contributed by atoms with van der Waals surface area (Å²) in [5.74, 6) is 0.555. The van der Waals surface area contributed by atoms with Crippen LogP contribution in [0.25, 0.3) is 0 Å². The van der Waals surface area contributed by atoms with Gasteiger partial charge in [-0.1, -0.05) is 6.07 Å². The van der Waals surface area contributed by atoms with Crippen molar-refractivity contribution in [2.24, 2.45) is 7.05 Å². The van der Waals surface area contributed by atoms with Crippen LogP contribution in [-0.2, 0) is 7.05 Å². The number of hydrogen-bond donors (Lipinski definition) is 2. The van der Waals surface area contributed by atoms with Gasteiger partial charge in [-0.05, 0) is 18.2 Å². The second-order valence-electron chi connectivity index (χ2n) is 5.77.